The van der Waals surface area contributed by atoms with Gasteiger partial charge in [0.1, 0.15) is 11.9 Å². The fourth-order valence-electron chi connectivity index (χ4n) is 2.80. The number of hydrazine groups is 1. The molecular weight excluding hydrogens is 383 g/mol. The molecule has 3 rings (SSSR count). The highest BCUT2D eigenvalue weighted by Gasteiger charge is 2.45. The SMILES string of the molecule is CNC(=O)C[C@@H]1C(=O)N(c2ccccc2)C(=S)N1NC(=O)c1cccc(F)c1. The molecule has 0 aromatic heterocycles. The summed E-state index contributed by atoms with van der Waals surface area (Å²) >= 11 is 5.39. The molecular formula is C19H17FN4O3S. The molecule has 1 fully saturated rings. The van der Waals surface area contributed by atoms with Gasteiger partial charge in [-0.3, -0.25) is 24.7 Å². The quantitative estimate of drug-likeness (QED) is 0.746. The minimum atomic E-state index is -1.02. The van der Waals surface area contributed by atoms with Gasteiger partial charge in [-0.15, -0.1) is 0 Å². The monoisotopic (exact) mass is 400 g/mol. The van der Waals surface area contributed by atoms with Crippen LogP contribution in [0.2, 0.25) is 0 Å². The Kier molecular flexibility index (Phi) is 5.65. The minimum absolute atomic E-state index is 0.0230. The van der Waals surface area contributed by atoms with Gasteiger partial charge in [-0.25, -0.2) is 9.40 Å². The van der Waals surface area contributed by atoms with Crippen LogP contribution in [0.3, 0.4) is 0 Å². The molecule has 9 heteroatoms. The number of para-hydroxylation sites is 1. The molecule has 0 bridgehead atoms. The maximum absolute atomic E-state index is 13.4. The first-order valence-electron chi connectivity index (χ1n) is 8.41. The molecule has 144 valence electrons. The lowest BCUT2D eigenvalue weighted by molar-refractivity contribution is -0.127. The standard InChI is InChI=1S/C19H17FN4O3S/c1-21-16(25)11-15-18(27)23(14-8-3-2-4-9-14)19(28)24(15)22-17(26)12-6-5-7-13(20)10-12/h2-10,15H,11H2,1H3,(H,21,25)(H,22,26)/t15-/m1/s1. The predicted octanol–water partition coefficient (Wildman–Crippen LogP) is 1.61. The molecule has 0 saturated carbocycles. The van der Waals surface area contributed by atoms with Crippen LogP contribution < -0.4 is 15.6 Å². The van der Waals surface area contributed by atoms with Crippen molar-refractivity contribution in [1.82, 2.24) is 15.8 Å². The second kappa shape index (κ2) is 8.13. The lowest BCUT2D eigenvalue weighted by atomic mass is 10.2. The van der Waals surface area contributed by atoms with Crippen molar-refractivity contribution >= 4 is 40.7 Å². The first-order chi connectivity index (χ1) is 13.4. The zero-order chi connectivity index (χ0) is 20.3. The van der Waals surface area contributed by atoms with Gasteiger partial charge in [-0.2, -0.15) is 0 Å². The molecule has 1 aliphatic heterocycles. The number of carbonyl (C=O) groups excluding carboxylic acids is 3. The van der Waals surface area contributed by atoms with Crippen molar-refractivity contribution < 1.29 is 18.8 Å². The fourth-order valence-corrected chi connectivity index (χ4v) is 3.16. The second-order valence-electron chi connectivity index (χ2n) is 6.01. The van der Waals surface area contributed by atoms with Crippen LogP contribution in [0.1, 0.15) is 16.8 Å². The van der Waals surface area contributed by atoms with E-state index in [1.54, 1.807) is 30.3 Å². The molecule has 3 amide bonds. The van der Waals surface area contributed by atoms with E-state index < -0.39 is 23.7 Å². The maximum Gasteiger partial charge on any atom is 0.269 e. The zero-order valence-corrected chi connectivity index (χ0v) is 15.7. The van der Waals surface area contributed by atoms with Gasteiger partial charge in [-0.05, 0) is 42.5 Å². The Labute approximate surface area is 166 Å². The van der Waals surface area contributed by atoms with Crippen LogP contribution in [0.25, 0.3) is 0 Å². The number of thiocarbonyl (C=S) groups is 1. The molecule has 1 atom stereocenters. The Morgan fingerprint density at radius 1 is 1.14 bits per heavy atom. The number of amides is 3. The Hall–Kier alpha value is -3.33. The summed E-state index contributed by atoms with van der Waals surface area (Å²) in [4.78, 5) is 38.6. The third-order valence-electron chi connectivity index (χ3n) is 4.20. The maximum atomic E-state index is 13.4. The van der Waals surface area contributed by atoms with Crippen LogP contribution in [0.5, 0.6) is 0 Å². The molecule has 1 aliphatic rings. The predicted molar refractivity (Wildman–Crippen MR) is 105 cm³/mol. The molecule has 1 heterocycles. The first-order valence-corrected chi connectivity index (χ1v) is 8.82. The molecule has 2 aromatic rings. The summed E-state index contributed by atoms with van der Waals surface area (Å²) in [5, 5.41) is 3.65. The summed E-state index contributed by atoms with van der Waals surface area (Å²) in [7, 11) is 1.45. The highest BCUT2D eigenvalue weighted by atomic mass is 32.1. The van der Waals surface area contributed by atoms with Gasteiger partial charge < -0.3 is 5.32 Å². The van der Waals surface area contributed by atoms with Crippen molar-refractivity contribution in [2.45, 2.75) is 12.5 Å². The topological polar surface area (TPSA) is 81.8 Å². The van der Waals surface area contributed by atoms with Crippen molar-refractivity contribution in [1.29, 1.82) is 0 Å². The Bertz CT molecular complexity index is 938. The van der Waals surface area contributed by atoms with E-state index in [4.69, 9.17) is 12.2 Å². The van der Waals surface area contributed by atoms with Gasteiger partial charge in [0.25, 0.3) is 11.8 Å². The molecule has 0 unspecified atom stereocenters. The third kappa shape index (κ3) is 3.84. The second-order valence-corrected chi connectivity index (χ2v) is 6.37. The number of rotatable bonds is 5. The van der Waals surface area contributed by atoms with Crippen molar-refractivity contribution in [3.8, 4) is 0 Å². The van der Waals surface area contributed by atoms with Crippen molar-refractivity contribution in [2.24, 2.45) is 0 Å². The highest BCUT2D eigenvalue weighted by molar-refractivity contribution is 7.80. The van der Waals surface area contributed by atoms with Gasteiger partial charge in [0.15, 0.2) is 0 Å². The Morgan fingerprint density at radius 2 is 1.86 bits per heavy atom. The number of carbonyl (C=O) groups is 3. The van der Waals surface area contributed by atoms with Gasteiger partial charge in [-0.1, -0.05) is 24.3 Å². The van der Waals surface area contributed by atoms with E-state index in [2.05, 4.69) is 10.7 Å². The fraction of sp³-hybridized carbons (Fsp3) is 0.158. The highest BCUT2D eigenvalue weighted by Crippen LogP contribution is 2.26. The largest absolute Gasteiger partial charge is 0.359 e. The molecule has 0 aliphatic carbocycles. The van der Waals surface area contributed by atoms with Crippen LogP contribution in [0.15, 0.2) is 54.6 Å². The van der Waals surface area contributed by atoms with Crippen LogP contribution in [-0.4, -0.2) is 40.9 Å². The summed E-state index contributed by atoms with van der Waals surface area (Å²) < 4.78 is 13.4. The number of halogens is 1. The number of benzene rings is 2. The van der Waals surface area contributed by atoms with Crippen LogP contribution in [0, 0.1) is 5.82 Å². The number of hydrogen-bond acceptors (Lipinski definition) is 4. The van der Waals surface area contributed by atoms with Crippen molar-refractivity contribution in [3.05, 3.63) is 66.0 Å². The normalized spacial score (nSPS) is 16.3. The lowest BCUT2D eigenvalue weighted by Crippen LogP contribution is -2.50. The van der Waals surface area contributed by atoms with Crippen molar-refractivity contribution in [2.75, 3.05) is 11.9 Å². The van der Waals surface area contributed by atoms with E-state index >= 15 is 0 Å². The van der Waals surface area contributed by atoms with E-state index in [-0.39, 0.29) is 23.0 Å². The van der Waals surface area contributed by atoms with Crippen LogP contribution in [-0.2, 0) is 9.59 Å². The van der Waals surface area contributed by atoms with Gasteiger partial charge in [0.05, 0.1) is 12.1 Å². The van der Waals surface area contributed by atoms with Gasteiger partial charge >= 0.3 is 0 Å². The Morgan fingerprint density at radius 3 is 2.50 bits per heavy atom. The van der Waals surface area contributed by atoms with Crippen LogP contribution in [0.4, 0.5) is 10.1 Å². The lowest BCUT2D eigenvalue weighted by Gasteiger charge is -2.24. The molecule has 28 heavy (non-hydrogen) atoms. The summed E-state index contributed by atoms with van der Waals surface area (Å²) in [6.07, 6.45) is -0.206. The molecule has 2 N–H and O–H groups in total. The summed E-state index contributed by atoms with van der Waals surface area (Å²) in [5.41, 5.74) is 3.10. The Balaban J connectivity index is 1.91. The van der Waals surface area contributed by atoms with Crippen LogP contribution >= 0.6 is 12.2 Å². The number of hydrogen-bond donors (Lipinski definition) is 2. The van der Waals surface area contributed by atoms with E-state index in [9.17, 15) is 18.8 Å². The molecule has 7 nitrogen and oxygen atoms in total. The van der Waals surface area contributed by atoms with E-state index in [0.29, 0.717) is 5.69 Å². The number of anilines is 1. The zero-order valence-electron chi connectivity index (χ0n) is 14.9. The van der Waals surface area contributed by atoms with Gasteiger partial charge in [0.2, 0.25) is 11.0 Å². The summed E-state index contributed by atoms with van der Waals surface area (Å²) in [5.74, 6) is -2.05. The first kappa shape index (κ1) is 19.4. The summed E-state index contributed by atoms with van der Waals surface area (Å²) in [6.45, 7) is 0. The summed E-state index contributed by atoms with van der Waals surface area (Å²) in [6, 6.07) is 12.8. The van der Waals surface area contributed by atoms with Gasteiger partial charge in [0, 0.05) is 12.6 Å². The van der Waals surface area contributed by atoms with E-state index in [1.807, 2.05) is 0 Å². The molecule has 0 spiro atoms. The van der Waals surface area contributed by atoms with E-state index in [0.717, 1.165) is 6.07 Å². The minimum Gasteiger partial charge on any atom is -0.359 e. The van der Waals surface area contributed by atoms with Crippen molar-refractivity contribution in [3.63, 3.8) is 0 Å². The molecule has 0 radical (unpaired) electrons. The van der Waals surface area contributed by atoms with E-state index in [1.165, 1.54) is 35.2 Å². The average Bonchev–Trinajstić information content (AvgIpc) is 2.92. The average molecular weight is 400 g/mol. The molecule has 1 saturated heterocycles. The number of nitrogens with zero attached hydrogens (tertiary/aromatic N) is 2. The molecule has 2 aromatic carbocycles. The smallest absolute Gasteiger partial charge is 0.269 e. The third-order valence-corrected chi connectivity index (χ3v) is 4.57. The number of nitrogens with one attached hydrogen (secondary N) is 2.